The van der Waals surface area contributed by atoms with E-state index in [2.05, 4.69) is 13.2 Å². The van der Waals surface area contributed by atoms with Gasteiger partial charge in [-0.2, -0.15) is 0 Å². The van der Waals surface area contributed by atoms with Gasteiger partial charge in [0.25, 0.3) is 16.6 Å². The third kappa shape index (κ3) is 8.30. The lowest BCUT2D eigenvalue weighted by atomic mass is 10.5. The van der Waals surface area contributed by atoms with Crippen molar-refractivity contribution >= 4 is 22.8 Å². The van der Waals surface area contributed by atoms with Crippen molar-refractivity contribution in [3.05, 3.63) is 25.3 Å². The van der Waals surface area contributed by atoms with Gasteiger partial charge in [0.1, 0.15) is 0 Å². The Balaban J connectivity index is 4.23. The molecule has 0 rings (SSSR count). The van der Waals surface area contributed by atoms with Crippen LogP contribution in [0.25, 0.3) is 0 Å². The van der Waals surface area contributed by atoms with E-state index in [9.17, 15) is 4.79 Å². The van der Waals surface area contributed by atoms with Gasteiger partial charge in [-0.25, -0.2) is 4.79 Å². The van der Waals surface area contributed by atoms with Crippen molar-refractivity contribution in [3.63, 3.8) is 0 Å². The van der Waals surface area contributed by atoms with E-state index in [-0.39, 0.29) is 0 Å². The van der Waals surface area contributed by atoms with Gasteiger partial charge in [0, 0.05) is 0 Å². The Morgan fingerprint density at radius 2 is 1.28 bits per heavy atom. The quantitative estimate of drug-likeness (QED) is 0.479. The topological polar surface area (TPSA) is 35.5 Å². The average molecular weight is 287 g/mol. The first kappa shape index (κ1) is 17.2. The summed E-state index contributed by atoms with van der Waals surface area (Å²) in [6.45, 7) is 15.5. The molecule has 0 spiro atoms. The van der Waals surface area contributed by atoms with Gasteiger partial charge in [-0.15, -0.1) is 13.2 Å². The molecule has 0 aliphatic rings. The molecular formula is C13H26O3Si2. The molecule has 0 saturated carbocycles. The van der Waals surface area contributed by atoms with Crippen LogP contribution >= 0.6 is 0 Å². The standard InChI is InChI=1S/C13H26O3Si2/c1-7-9-11-17(3,4)15-13(14)16-18(5,6)12-10-8-2/h7-8H,1-2,9-12H2,3-6H3. The largest absolute Gasteiger partial charge is 0.490 e. The van der Waals surface area contributed by atoms with Crippen molar-refractivity contribution in [3.8, 4) is 0 Å². The summed E-state index contributed by atoms with van der Waals surface area (Å²) in [6, 6.07) is 1.78. The molecule has 0 heterocycles. The molecule has 3 nitrogen and oxygen atoms in total. The van der Waals surface area contributed by atoms with Crippen LogP contribution in [-0.2, 0) is 8.85 Å². The predicted molar refractivity (Wildman–Crippen MR) is 81.8 cm³/mol. The summed E-state index contributed by atoms with van der Waals surface area (Å²) < 4.78 is 11.0. The number of hydrogen-bond acceptors (Lipinski definition) is 3. The molecular weight excluding hydrogens is 260 g/mol. The second kappa shape index (κ2) is 7.58. The van der Waals surface area contributed by atoms with Crippen molar-refractivity contribution in [2.24, 2.45) is 0 Å². The van der Waals surface area contributed by atoms with Gasteiger partial charge in [-0.3, -0.25) is 0 Å². The number of allylic oxidation sites excluding steroid dienone is 2. The van der Waals surface area contributed by atoms with Crippen molar-refractivity contribution in [2.75, 3.05) is 0 Å². The maximum absolute atomic E-state index is 11.8. The fourth-order valence-corrected chi connectivity index (χ4v) is 4.55. The first-order valence-electron chi connectivity index (χ1n) is 6.36. The third-order valence-corrected chi connectivity index (χ3v) is 7.04. The van der Waals surface area contributed by atoms with E-state index in [1.165, 1.54) is 0 Å². The minimum Gasteiger partial charge on any atom is -0.490 e. The van der Waals surface area contributed by atoms with Crippen LogP contribution in [0.5, 0.6) is 0 Å². The SMILES string of the molecule is C=CCC[Si](C)(C)OC(=O)O[Si](C)(C)CCC=C. The predicted octanol–water partition coefficient (Wildman–Crippen LogP) is 4.70. The summed E-state index contributed by atoms with van der Waals surface area (Å²) in [4.78, 5) is 11.8. The first-order valence-corrected chi connectivity index (χ1v) is 12.6. The average Bonchev–Trinajstić information content (AvgIpc) is 2.22. The Bertz CT molecular complexity index is 271. The molecule has 0 aromatic heterocycles. The molecule has 18 heavy (non-hydrogen) atoms. The van der Waals surface area contributed by atoms with Crippen LogP contribution in [0, 0.1) is 0 Å². The second-order valence-electron chi connectivity index (χ2n) is 5.63. The highest BCUT2D eigenvalue weighted by Crippen LogP contribution is 2.19. The Kier molecular flexibility index (Phi) is 7.24. The molecule has 0 amide bonds. The lowest BCUT2D eigenvalue weighted by molar-refractivity contribution is 0.146. The van der Waals surface area contributed by atoms with E-state index in [1.807, 2.05) is 38.3 Å². The smallest absolute Gasteiger partial charge is 0.480 e. The maximum atomic E-state index is 11.8. The summed E-state index contributed by atoms with van der Waals surface area (Å²) in [6.07, 6.45) is 4.97. The van der Waals surface area contributed by atoms with Crippen LogP contribution in [0.4, 0.5) is 4.79 Å². The molecule has 104 valence electrons. The Hall–Kier alpha value is -0.816. The Morgan fingerprint density at radius 3 is 1.56 bits per heavy atom. The fraction of sp³-hybridized carbons (Fsp3) is 0.615. The monoisotopic (exact) mass is 286 g/mol. The summed E-state index contributed by atoms with van der Waals surface area (Å²) in [5, 5.41) is 0. The van der Waals surface area contributed by atoms with Crippen LogP contribution in [0.15, 0.2) is 25.3 Å². The minimum atomic E-state index is -1.96. The maximum Gasteiger partial charge on any atom is 0.480 e. The fourth-order valence-electron chi connectivity index (χ4n) is 1.47. The van der Waals surface area contributed by atoms with E-state index in [0.717, 1.165) is 24.9 Å². The first-order chi connectivity index (χ1) is 8.22. The molecule has 0 saturated heterocycles. The summed E-state index contributed by atoms with van der Waals surface area (Å²) in [7, 11) is -3.92. The van der Waals surface area contributed by atoms with Crippen LogP contribution in [0.2, 0.25) is 38.3 Å². The van der Waals surface area contributed by atoms with Crippen LogP contribution in [0.1, 0.15) is 12.8 Å². The van der Waals surface area contributed by atoms with Gasteiger partial charge in [-0.1, -0.05) is 12.2 Å². The van der Waals surface area contributed by atoms with Crippen LogP contribution in [-0.4, -0.2) is 22.8 Å². The Morgan fingerprint density at radius 1 is 0.944 bits per heavy atom. The molecule has 0 fully saturated rings. The van der Waals surface area contributed by atoms with Crippen molar-refractivity contribution in [1.29, 1.82) is 0 Å². The highest BCUT2D eigenvalue weighted by atomic mass is 28.4. The van der Waals surface area contributed by atoms with E-state index >= 15 is 0 Å². The highest BCUT2D eigenvalue weighted by molar-refractivity contribution is 6.74. The van der Waals surface area contributed by atoms with Gasteiger partial charge in [0.15, 0.2) is 0 Å². The van der Waals surface area contributed by atoms with E-state index in [0.29, 0.717) is 0 Å². The van der Waals surface area contributed by atoms with Crippen LogP contribution in [0.3, 0.4) is 0 Å². The van der Waals surface area contributed by atoms with Crippen molar-refractivity contribution in [1.82, 2.24) is 0 Å². The lowest BCUT2D eigenvalue weighted by Gasteiger charge is -2.26. The van der Waals surface area contributed by atoms with Crippen LogP contribution < -0.4 is 0 Å². The molecule has 5 heteroatoms. The molecule has 0 aromatic carbocycles. The van der Waals surface area contributed by atoms with Gasteiger partial charge >= 0.3 is 6.16 Å². The van der Waals surface area contributed by atoms with Gasteiger partial charge in [-0.05, 0) is 51.1 Å². The number of carbonyl (C=O) groups is 1. The molecule has 0 bridgehead atoms. The zero-order valence-corrected chi connectivity index (χ0v) is 14.1. The highest BCUT2D eigenvalue weighted by Gasteiger charge is 2.31. The van der Waals surface area contributed by atoms with E-state index < -0.39 is 22.8 Å². The third-order valence-electron chi connectivity index (χ3n) is 2.62. The molecule has 0 radical (unpaired) electrons. The summed E-state index contributed by atoms with van der Waals surface area (Å²) in [5.41, 5.74) is 0. The molecule has 0 unspecified atom stereocenters. The zero-order valence-electron chi connectivity index (χ0n) is 12.1. The summed E-state index contributed by atoms with van der Waals surface area (Å²) >= 11 is 0. The van der Waals surface area contributed by atoms with Gasteiger partial charge in [0.2, 0.25) is 0 Å². The number of rotatable bonds is 8. The Labute approximate surface area is 113 Å². The molecule has 0 aromatic rings. The van der Waals surface area contributed by atoms with Gasteiger partial charge < -0.3 is 8.85 Å². The zero-order chi connectivity index (χ0) is 14.2. The van der Waals surface area contributed by atoms with E-state index in [4.69, 9.17) is 8.85 Å². The molecule has 0 aliphatic heterocycles. The van der Waals surface area contributed by atoms with E-state index in [1.54, 1.807) is 0 Å². The van der Waals surface area contributed by atoms with Gasteiger partial charge in [0.05, 0.1) is 0 Å². The normalized spacial score (nSPS) is 11.8. The van der Waals surface area contributed by atoms with Crippen molar-refractivity contribution in [2.45, 2.75) is 51.1 Å². The number of carbonyl (C=O) groups excluding carboxylic acids is 1. The molecule has 0 atom stereocenters. The second-order valence-corrected chi connectivity index (χ2v) is 14.1. The molecule has 0 aliphatic carbocycles. The minimum absolute atomic E-state index is 0.489. The molecule has 0 N–H and O–H groups in total. The van der Waals surface area contributed by atoms with Crippen molar-refractivity contribution < 1.29 is 13.6 Å². The number of hydrogen-bond donors (Lipinski definition) is 0. The lowest BCUT2D eigenvalue weighted by Crippen LogP contribution is -2.39. The summed E-state index contributed by atoms with van der Waals surface area (Å²) in [5.74, 6) is 0.